The summed E-state index contributed by atoms with van der Waals surface area (Å²) >= 11 is 3.39. The van der Waals surface area contributed by atoms with Crippen LogP contribution in [0.5, 0.6) is 0 Å². The standard InChI is InChI=1S/C14H20BrNO/c1-10(2)13(15)14(17)16-9-8-12-6-4-11(3)5-7-12/h4-7,10,13H,8-9H2,1-3H3,(H,16,17). The monoisotopic (exact) mass is 297 g/mol. The Bertz CT molecular complexity index is 359. The molecule has 0 bridgehead atoms. The van der Waals surface area contributed by atoms with Gasteiger partial charge in [-0.1, -0.05) is 59.6 Å². The van der Waals surface area contributed by atoms with Crippen LogP contribution in [0.2, 0.25) is 0 Å². The minimum Gasteiger partial charge on any atom is -0.355 e. The van der Waals surface area contributed by atoms with Crippen LogP contribution < -0.4 is 5.32 Å². The van der Waals surface area contributed by atoms with Crippen molar-refractivity contribution >= 4 is 21.8 Å². The molecule has 1 aromatic rings. The van der Waals surface area contributed by atoms with Crippen molar-refractivity contribution in [1.82, 2.24) is 5.32 Å². The fourth-order valence-corrected chi connectivity index (χ4v) is 1.65. The van der Waals surface area contributed by atoms with Gasteiger partial charge in [-0.3, -0.25) is 4.79 Å². The Balaban J connectivity index is 2.33. The Hall–Kier alpha value is -0.830. The maximum Gasteiger partial charge on any atom is 0.234 e. The van der Waals surface area contributed by atoms with E-state index in [1.807, 2.05) is 13.8 Å². The molecule has 17 heavy (non-hydrogen) atoms. The van der Waals surface area contributed by atoms with E-state index in [1.54, 1.807) is 0 Å². The fraction of sp³-hybridized carbons (Fsp3) is 0.500. The number of nitrogens with one attached hydrogen (secondary N) is 1. The van der Waals surface area contributed by atoms with Gasteiger partial charge in [0.15, 0.2) is 0 Å². The molecule has 0 fully saturated rings. The van der Waals surface area contributed by atoms with E-state index in [-0.39, 0.29) is 10.7 Å². The number of aryl methyl sites for hydroxylation is 1. The average molecular weight is 298 g/mol. The average Bonchev–Trinajstić information content (AvgIpc) is 2.30. The van der Waals surface area contributed by atoms with Crippen molar-refractivity contribution in [2.45, 2.75) is 32.0 Å². The third-order valence-electron chi connectivity index (χ3n) is 2.67. The van der Waals surface area contributed by atoms with Gasteiger partial charge < -0.3 is 5.32 Å². The molecule has 0 heterocycles. The highest BCUT2D eigenvalue weighted by atomic mass is 79.9. The first-order chi connectivity index (χ1) is 8.00. The van der Waals surface area contributed by atoms with E-state index in [2.05, 4.69) is 52.4 Å². The third kappa shape index (κ3) is 4.90. The van der Waals surface area contributed by atoms with E-state index in [0.29, 0.717) is 12.5 Å². The molecule has 1 N–H and O–H groups in total. The first-order valence-electron chi connectivity index (χ1n) is 5.98. The number of hydrogen-bond donors (Lipinski definition) is 1. The number of carbonyl (C=O) groups is 1. The van der Waals surface area contributed by atoms with E-state index >= 15 is 0 Å². The molecule has 0 spiro atoms. The van der Waals surface area contributed by atoms with E-state index in [0.717, 1.165) is 6.42 Å². The van der Waals surface area contributed by atoms with Gasteiger partial charge in [0.05, 0.1) is 4.83 Å². The molecule has 0 aliphatic rings. The number of amides is 1. The summed E-state index contributed by atoms with van der Waals surface area (Å²) in [6.07, 6.45) is 0.879. The second-order valence-corrected chi connectivity index (χ2v) is 5.66. The van der Waals surface area contributed by atoms with Crippen LogP contribution in [0.3, 0.4) is 0 Å². The van der Waals surface area contributed by atoms with Crippen molar-refractivity contribution in [1.29, 1.82) is 0 Å². The van der Waals surface area contributed by atoms with Crippen LogP contribution in [0.25, 0.3) is 0 Å². The van der Waals surface area contributed by atoms with Gasteiger partial charge in [0, 0.05) is 6.54 Å². The molecule has 1 amide bonds. The van der Waals surface area contributed by atoms with Crippen molar-refractivity contribution in [3.63, 3.8) is 0 Å². The zero-order valence-corrected chi connectivity index (χ0v) is 12.3. The first kappa shape index (κ1) is 14.2. The molecule has 0 aromatic heterocycles. The highest BCUT2D eigenvalue weighted by Gasteiger charge is 2.17. The Morgan fingerprint density at radius 3 is 2.41 bits per heavy atom. The number of carbonyl (C=O) groups excluding carboxylic acids is 1. The summed E-state index contributed by atoms with van der Waals surface area (Å²) in [6.45, 7) is 6.82. The van der Waals surface area contributed by atoms with Crippen molar-refractivity contribution in [2.24, 2.45) is 5.92 Å². The molecule has 0 aliphatic heterocycles. The molecule has 0 saturated carbocycles. The summed E-state index contributed by atoms with van der Waals surface area (Å²) in [4.78, 5) is 11.6. The molecular formula is C14H20BrNO. The van der Waals surface area contributed by atoms with Gasteiger partial charge >= 0.3 is 0 Å². The quantitative estimate of drug-likeness (QED) is 0.832. The van der Waals surface area contributed by atoms with Crippen molar-refractivity contribution in [3.8, 4) is 0 Å². The smallest absolute Gasteiger partial charge is 0.234 e. The lowest BCUT2D eigenvalue weighted by atomic mass is 10.1. The van der Waals surface area contributed by atoms with Gasteiger partial charge in [-0.05, 0) is 24.8 Å². The molecule has 2 nitrogen and oxygen atoms in total. The Labute approximate surface area is 112 Å². The molecule has 0 aliphatic carbocycles. The lowest BCUT2D eigenvalue weighted by molar-refractivity contribution is -0.121. The molecule has 1 unspecified atom stereocenters. The number of benzene rings is 1. The van der Waals surface area contributed by atoms with Crippen LogP contribution in [0.15, 0.2) is 24.3 Å². The van der Waals surface area contributed by atoms with Crippen LogP contribution in [0, 0.1) is 12.8 Å². The van der Waals surface area contributed by atoms with Crippen LogP contribution in [0.4, 0.5) is 0 Å². The molecule has 0 saturated heterocycles. The Morgan fingerprint density at radius 1 is 1.29 bits per heavy atom. The van der Waals surface area contributed by atoms with E-state index < -0.39 is 0 Å². The number of hydrogen-bond acceptors (Lipinski definition) is 1. The highest BCUT2D eigenvalue weighted by Crippen LogP contribution is 2.11. The maximum atomic E-state index is 11.7. The van der Waals surface area contributed by atoms with E-state index in [4.69, 9.17) is 0 Å². The van der Waals surface area contributed by atoms with Gasteiger partial charge in [-0.15, -0.1) is 0 Å². The highest BCUT2D eigenvalue weighted by molar-refractivity contribution is 9.10. The van der Waals surface area contributed by atoms with Crippen molar-refractivity contribution < 1.29 is 4.79 Å². The minimum absolute atomic E-state index is 0.0760. The predicted octanol–water partition coefficient (Wildman–Crippen LogP) is 3.07. The molecule has 1 atom stereocenters. The summed E-state index contributed by atoms with van der Waals surface area (Å²) in [5, 5.41) is 2.94. The molecule has 94 valence electrons. The second-order valence-electron chi connectivity index (χ2n) is 4.67. The molecule has 0 radical (unpaired) electrons. The van der Waals surface area contributed by atoms with Crippen LogP contribution >= 0.6 is 15.9 Å². The lowest BCUT2D eigenvalue weighted by Gasteiger charge is -2.13. The van der Waals surface area contributed by atoms with Crippen molar-refractivity contribution in [2.75, 3.05) is 6.54 Å². The van der Waals surface area contributed by atoms with Crippen LogP contribution in [-0.2, 0) is 11.2 Å². The lowest BCUT2D eigenvalue weighted by Crippen LogP contribution is -2.35. The fourth-order valence-electron chi connectivity index (χ4n) is 1.49. The molecule has 1 rings (SSSR count). The summed E-state index contributed by atoms with van der Waals surface area (Å²) in [7, 11) is 0. The van der Waals surface area contributed by atoms with E-state index in [9.17, 15) is 4.79 Å². The van der Waals surface area contributed by atoms with Crippen LogP contribution in [0.1, 0.15) is 25.0 Å². The number of alkyl halides is 1. The molecule has 3 heteroatoms. The van der Waals surface area contributed by atoms with Gasteiger partial charge in [0.25, 0.3) is 0 Å². The van der Waals surface area contributed by atoms with Crippen LogP contribution in [-0.4, -0.2) is 17.3 Å². The maximum absolute atomic E-state index is 11.7. The predicted molar refractivity (Wildman–Crippen MR) is 75.4 cm³/mol. The zero-order valence-electron chi connectivity index (χ0n) is 10.7. The van der Waals surface area contributed by atoms with Gasteiger partial charge in [-0.25, -0.2) is 0 Å². The summed E-state index contributed by atoms with van der Waals surface area (Å²) < 4.78 is 0. The van der Waals surface area contributed by atoms with Crippen molar-refractivity contribution in [3.05, 3.63) is 35.4 Å². The number of rotatable bonds is 5. The van der Waals surface area contributed by atoms with Gasteiger partial charge in [0.1, 0.15) is 0 Å². The normalized spacial score (nSPS) is 12.5. The molecular weight excluding hydrogens is 278 g/mol. The summed E-state index contributed by atoms with van der Waals surface area (Å²) in [5.74, 6) is 0.390. The summed E-state index contributed by atoms with van der Waals surface area (Å²) in [6, 6.07) is 8.40. The minimum atomic E-state index is -0.0967. The van der Waals surface area contributed by atoms with Gasteiger partial charge in [0.2, 0.25) is 5.91 Å². The second kappa shape index (κ2) is 6.80. The first-order valence-corrected chi connectivity index (χ1v) is 6.89. The van der Waals surface area contributed by atoms with E-state index in [1.165, 1.54) is 11.1 Å². The SMILES string of the molecule is Cc1ccc(CCNC(=O)C(Br)C(C)C)cc1. The third-order valence-corrected chi connectivity index (χ3v) is 4.14. The Kier molecular flexibility index (Phi) is 5.69. The number of halogens is 1. The summed E-state index contributed by atoms with van der Waals surface area (Å²) in [5.41, 5.74) is 2.52. The van der Waals surface area contributed by atoms with Gasteiger partial charge in [-0.2, -0.15) is 0 Å². The molecule has 1 aromatic carbocycles. The topological polar surface area (TPSA) is 29.1 Å². The zero-order chi connectivity index (χ0) is 12.8. The largest absolute Gasteiger partial charge is 0.355 e. The Morgan fingerprint density at radius 2 is 1.88 bits per heavy atom.